The van der Waals surface area contributed by atoms with Crippen LogP contribution in [0.2, 0.25) is 5.02 Å². The van der Waals surface area contributed by atoms with Gasteiger partial charge in [0.05, 0.1) is 6.20 Å². The van der Waals surface area contributed by atoms with Crippen molar-refractivity contribution < 1.29 is 4.74 Å². The highest BCUT2D eigenvalue weighted by Crippen LogP contribution is 2.15. The first-order valence-corrected chi connectivity index (χ1v) is 6.00. The predicted molar refractivity (Wildman–Crippen MR) is 72.2 cm³/mol. The van der Waals surface area contributed by atoms with Gasteiger partial charge in [0, 0.05) is 12.7 Å². The van der Waals surface area contributed by atoms with Crippen molar-refractivity contribution in [3.63, 3.8) is 0 Å². The minimum atomic E-state index is -0.261. The highest BCUT2D eigenvalue weighted by molar-refractivity contribution is 6.31. The van der Waals surface area contributed by atoms with Crippen LogP contribution in [0.3, 0.4) is 0 Å². The molecule has 18 heavy (non-hydrogen) atoms. The topological polar surface area (TPSA) is 31.2 Å². The number of benzene rings is 1. The maximum Gasteiger partial charge on any atom is 0.242 e. The van der Waals surface area contributed by atoms with Crippen molar-refractivity contribution in [1.29, 1.82) is 0 Å². The van der Waals surface area contributed by atoms with E-state index in [0.717, 1.165) is 11.3 Å². The lowest BCUT2D eigenvalue weighted by molar-refractivity contribution is 0.300. The van der Waals surface area contributed by atoms with Gasteiger partial charge in [0.15, 0.2) is 5.75 Å². The van der Waals surface area contributed by atoms with Crippen LogP contribution in [0.4, 0.5) is 0 Å². The van der Waals surface area contributed by atoms with E-state index in [-0.39, 0.29) is 16.2 Å². The van der Waals surface area contributed by atoms with E-state index >= 15 is 0 Å². The molecule has 2 rings (SSSR count). The number of pyridine rings is 1. The zero-order chi connectivity index (χ0) is 13.1. The molecule has 4 heteroatoms. The number of hydrogen-bond acceptors (Lipinski definition) is 2. The molecule has 0 saturated heterocycles. The van der Waals surface area contributed by atoms with Crippen LogP contribution in [0.25, 0.3) is 0 Å². The zero-order valence-corrected chi connectivity index (χ0v) is 11.1. The summed E-state index contributed by atoms with van der Waals surface area (Å²) in [6, 6.07) is 9.68. The molecule has 0 amide bonds. The molecule has 0 unspecified atom stereocenters. The van der Waals surface area contributed by atoms with Crippen LogP contribution in [-0.4, -0.2) is 4.57 Å². The summed E-state index contributed by atoms with van der Waals surface area (Å²) in [4.78, 5) is 11.9. The summed E-state index contributed by atoms with van der Waals surface area (Å²) in [5, 5.41) is 0.211. The predicted octanol–water partition coefficient (Wildman–Crippen LogP) is 2.93. The van der Waals surface area contributed by atoms with E-state index in [1.54, 1.807) is 17.7 Å². The lowest BCUT2D eigenvalue weighted by Gasteiger charge is -2.10. The molecule has 1 heterocycles. The second kappa shape index (κ2) is 5.27. The second-order valence-corrected chi connectivity index (χ2v) is 4.49. The minimum absolute atomic E-state index is 0.211. The Kier molecular flexibility index (Phi) is 3.72. The minimum Gasteiger partial charge on any atom is -0.483 e. The molecule has 0 fully saturated rings. The van der Waals surface area contributed by atoms with Crippen LogP contribution in [0.1, 0.15) is 11.3 Å². The molecule has 0 saturated carbocycles. The molecule has 0 aliphatic carbocycles. The number of ether oxygens (including phenoxy) is 1. The molecular formula is C14H14ClNO2. The van der Waals surface area contributed by atoms with Gasteiger partial charge in [-0.25, -0.2) is 0 Å². The van der Waals surface area contributed by atoms with E-state index in [1.165, 1.54) is 0 Å². The number of aryl methyl sites for hydroxylation is 1. The van der Waals surface area contributed by atoms with E-state index in [1.807, 2.05) is 37.4 Å². The van der Waals surface area contributed by atoms with Gasteiger partial charge < -0.3 is 9.30 Å². The first kappa shape index (κ1) is 12.7. The van der Waals surface area contributed by atoms with Gasteiger partial charge in [-0.05, 0) is 12.5 Å². The van der Waals surface area contributed by atoms with E-state index < -0.39 is 0 Å². The van der Waals surface area contributed by atoms with Gasteiger partial charge in [-0.2, -0.15) is 0 Å². The summed E-state index contributed by atoms with van der Waals surface area (Å²) in [5.41, 5.74) is 1.48. The molecule has 3 nitrogen and oxygen atoms in total. The summed E-state index contributed by atoms with van der Waals surface area (Å²) >= 11 is 5.96. The number of hydrogen-bond donors (Lipinski definition) is 0. The third kappa shape index (κ3) is 2.57. The average Bonchev–Trinajstić information content (AvgIpc) is 2.40. The van der Waals surface area contributed by atoms with Crippen molar-refractivity contribution in [3.8, 4) is 5.75 Å². The van der Waals surface area contributed by atoms with Crippen molar-refractivity contribution in [2.75, 3.05) is 0 Å². The first-order chi connectivity index (χ1) is 8.59. The molecule has 1 aromatic heterocycles. The molecule has 0 spiro atoms. The molecular weight excluding hydrogens is 250 g/mol. The largest absolute Gasteiger partial charge is 0.483 e. The SMILES string of the molecule is Cc1c(Cl)c(=O)c(OCc2ccccc2)cn1C. The van der Waals surface area contributed by atoms with Gasteiger partial charge in [-0.3, -0.25) is 4.79 Å². The van der Waals surface area contributed by atoms with Gasteiger partial charge >= 0.3 is 0 Å². The monoisotopic (exact) mass is 263 g/mol. The van der Waals surface area contributed by atoms with Crippen LogP contribution in [0.15, 0.2) is 41.3 Å². The fourth-order valence-electron chi connectivity index (χ4n) is 1.60. The van der Waals surface area contributed by atoms with Gasteiger partial charge in [0.25, 0.3) is 0 Å². The third-order valence-electron chi connectivity index (χ3n) is 2.82. The van der Waals surface area contributed by atoms with E-state index in [0.29, 0.717) is 6.61 Å². The summed E-state index contributed by atoms with van der Waals surface area (Å²) in [7, 11) is 1.83. The van der Waals surface area contributed by atoms with Crippen LogP contribution < -0.4 is 10.2 Å². The molecule has 0 N–H and O–H groups in total. The number of nitrogens with zero attached hydrogens (tertiary/aromatic N) is 1. The highest BCUT2D eigenvalue weighted by atomic mass is 35.5. The smallest absolute Gasteiger partial charge is 0.242 e. The fraction of sp³-hybridized carbons (Fsp3) is 0.214. The number of rotatable bonds is 3. The molecule has 0 bridgehead atoms. The maximum absolute atomic E-state index is 11.9. The average molecular weight is 264 g/mol. The molecule has 2 aromatic rings. The Labute approximate surface area is 111 Å². The van der Waals surface area contributed by atoms with Crippen LogP contribution >= 0.6 is 11.6 Å². The van der Waals surface area contributed by atoms with Crippen molar-refractivity contribution in [2.24, 2.45) is 7.05 Å². The number of aromatic nitrogens is 1. The summed E-state index contributed by atoms with van der Waals surface area (Å²) < 4.78 is 7.30. The van der Waals surface area contributed by atoms with Gasteiger partial charge in [0.1, 0.15) is 11.6 Å². The Bertz CT molecular complexity index is 605. The second-order valence-electron chi connectivity index (χ2n) is 4.11. The third-order valence-corrected chi connectivity index (χ3v) is 3.26. The highest BCUT2D eigenvalue weighted by Gasteiger charge is 2.10. The normalized spacial score (nSPS) is 10.4. The van der Waals surface area contributed by atoms with Gasteiger partial charge in [0.2, 0.25) is 5.43 Å². The molecule has 94 valence electrons. The van der Waals surface area contributed by atoms with Crippen molar-refractivity contribution >= 4 is 11.6 Å². The number of halogens is 1. The molecule has 0 aliphatic rings. The zero-order valence-electron chi connectivity index (χ0n) is 10.3. The van der Waals surface area contributed by atoms with Gasteiger partial charge in [-0.15, -0.1) is 0 Å². The fourth-order valence-corrected chi connectivity index (χ4v) is 1.82. The molecule has 0 radical (unpaired) electrons. The van der Waals surface area contributed by atoms with E-state index in [9.17, 15) is 4.79 Å². The van der Waals surface area contributed by atoms with Crippen molar-refractivity contribution in [1.82, 2.24) is 4.57 Å². The standard InChI is InChI=1S/C14H14ClNO2/c1-10-13(15)14(17)12(8-16(10)2)18-9-11-6-4-3-5-7-11/h3-8H,9H2,1-2H3. The molecule has 1 aromatic carbocycles. The summed E-state index contributed by atoms with van der Waals surface area (Å²) in [6.07, 6.45) is 1.66. The Hall–Kier alpha value is -1.74. The van der Waals surface area contributed by atoms with E-state index in [4.69, 9.17) is 16.3 Å². The quantitative estimate of drug-likeness (QED) is 0.853. The van der Waals surface area contributed by atoms with Crippen LogP contribution in [-0.2, 0) is 13.7 Å². The van der Waals surface area contributed by atoms with Crippen LogP contribution in [0.5, 0.6) is 5.75 Å². The Morgan fingerprint density at radius 2 is 1.94 bits per heavy atom. The van der Waals surface area contributed by atoms with Crippen molar-refractivity contribution in [3.05, 3.63) is 63.0 Å². The molecule has 0 atom stereocenters. The lowest BCUT2D eigenvalue weighted by atomic mass is 10.2. The Balaban J connectivity index is 2.23. The Morgan fingerprint density at radius 3 is 2.61 bits per heavy atom. The molecule has 0 aliphatic heterocycles. The first-order valence-electron chi connectivity index (χ1n) is 5.62. The lowest BCUT2D eigenvalue weighted by Crippen LogP contribution is -2.14. The summed E-state index contributed by atoms with van der Waals surface area (Å²) in [5.74, 6) is 0.275. The van der Waals surface area contributed by atoms with Crippen LogP contribution in [0, 0.1) is 6.92 Å². The van der Waals surface area contributed by atoms with Crippen molar-refractivity contribution in [2.45, 2.75) is 13.5 Å². The van der Waals surface area contributed by atoms with Gasteiger partial charge in [-0.1, -0.05) is 41.9 Å². The van der Waals surface area contributed by atoms with E-state index in [2.05, 4.69) is 0 Å². The summed E-state index contributed by atoms with van der Waals surface area (Å²) in [6.45, 7) is 2.15. The Morgan fingerprint density at radius 1 is 1.28 bits per heavy atom. The maximum atomic E-state index is 11.9.